The van der Waals surface area contributed by atoms with Gasteiger partial charge in [0.05, 0.1) is 26.2 Å². The number of likely N-dealkylation sites (tertiary alicyclic amines) is 1. The van der Waals surface area contributed by atoms with Gasteiger partial charge in [-0.3, -0.25) is 9.69 Å². The molecule has 7 heteroatoms. The molecule has 34 heavy (non-hydrogen) atoms. The van der Waals surface area contributed by atoms with E-state index in [1.807, 2.05) is 12.1 Å². The van der Waals surface area contributed by atoms with E-state index in [2.05, 4.69) is 54.1 Å². The Labute approximate surface area is 203 Å². The highest BCUT2D eigenvalue weighted by Gasteiger charge is 2.29. The molecule has 1 unspecified atom stereocenters. The molecule has 1 aliphatic rings. The topological polar surface area (TPSA) is 67.5 Å². The van der Waals surface area contributed by atoms with Crippen LogP contribution in [-0.4, -0.2) is 35.6 Å². The van der Waals surface area contributed by atoms with Crippen LogP contribution in [0.4, 0.5) is 0 Å². The molecule has 0 radical (unpaired) electrons. The number of methoxy groups -OCH3 is 2. The Morgan fingerprint density at radius 3 is 2.65 bits per heavy atom. The average molecular weight is 476 g/mol. The van der Waals surface area contributed by atoms with Crippen LogP contribution < -0.4 is 15.0 Å². The Bertz CT molecular complexity index is 1390. The molecule has 0 spiro atoms. The Morgan fingerprint density at radius 2 is 1.91 bits per heavy atom. The van der Waals surface area contributed by atoms with Crippen LogP contribution >= 0.6 is 11.3 Å². The minimum Gasteiger partial charge on any atom is -0.497 e. The third-order valence-corrected chi connectivity index (χ3v) is 7.64. The van der Waals surface area contributed by atoms with Gasteiger partial charge in [-0.05, 0) is 57.0 Å². The zero-order valence-corrected chi connectivity index (χ0v) is 20.8. The van der Waals surface area contributed by atoms with E-state index in [1.165, 1.54) is 5.56 Å². The second-order valence-corrected chi connectivity index (χ2v) is 10.0. The number of thiophene rings is 1. The standard InChI is InChI=1S/C27H29N3O3S/c1-16-7-9-18(10-8-16)24-17(2)34-27-25(24)26(31)28-23(29-27)15-30-13-5-6-21(30)20-14-19(32-3)11-12-22(20)33-4/h7-12,14,21H,5-6,13,15H2,1-4H3,(H,28,29,31). The first kappa shape index (κ1) is 22.6. The summed E-state index contributed by atoms with van der Waals surface area (Å²) in [5, 5.41) is 0.683. The lowest BCUT2D eigenvalue weighted by atomic mass is 10.0. The summed E-state index contributed by atoms with van der Waals surface area (Å²) in [5.41, 5.74) is 4.27. The second kappa shape index (κ2) is 9.24. The van der Waals surface area contributed by atoms with Crippen LogP contribution in [0, 0.1) is 13.8 Å². The van der Waals surface area contributed by atoms with Gasteiger partial charge in [0, 0.05) is 22.0 Å². The molecule has 0 bridgehead atoms. The van der Waals surface area contributed by atoms with Gasteiger partial charge in [-0.1, -0.05) is 29.8 Å². The molecule has 1 N–H and O–H groups in total. The third kappa shape index (κ3) is 4.10. The van der Waals surface area contributed by atoms with Gasteiger partial charge in [-0.25, -0.2) is 4.98 Å². The van der Waals surface area contributed by atoms with Gasteiger partial charge in [0.15, 0.2) is 0 Å². The first-order valence-corrected chi connectivity index (χ1v) is 12.4. The van der Waals surface area contributed by atoms with Crippen LogP contribution in [0.1, 0.15) is 40.7 Å². The number of benzene rings is 2. The van der Waals surface area contributed by atoms with E-state index < -0.39 is 0 Å². The quantitative estimate of drug-likeness (QED) is 0.392. The molecule has 1 aliphatic heterocycles. The summed E-state index contributed by atoms with van der Waals surface area (Å²) in [5.74, 6) is 2.36. The number of aromatic nitrogens is 2. The van der Waals surface area contributed by atoms with Crippen molar-refractivity contribution in [3.8, 4) is 22.6 Å². The highest BCUT2D eigenvalue weighted by Crippen LogP contribution is 2.40. The number of nitrogens with zero attached hydrogens (tertiary/aromatic N) is 2. The third-order valence-electron chi connectivity index (χ3n) is 6.64. The molecule has 5 rings (SSSR count). The number of nitrogens with one attached hydrogen (secondary N) is 1. The van der Waals surface area contributed by atoms with Crippen LogP contribution in [0.25, 0.3) is 21.3 Å². The number of ether oxygens (including phenoxy) is 2. The number of fused-ring (bicyclic) bond motifs is 1. The number of H-pyrrole nitrogens is 1. The van der Waals surface area contributed by atoms with Gasteiger partial charge in [0.2, 0.25) is 0 Å². The van der Waals surface area contributed by atoms with Crippen LogP contribution in [0.5, 0.6) is 11.5 Å². The maximum Gasteiger partial charge on any atom is 0.260 e. The van der Waals surface area contributed by atoms with Crippen molar-refractivity contribution in [3.05, 3.63) is 74.6 Å². The van der Waals surface area contributed by atoms with E-state index >= 15 is 0 Å². The molecule has 6 nitrogen and oxygen atoms in total. The minimum atomic E-state index is -0.0744. The molecule has 176 valence electrons. The smallest absolute Gasteiger partial charge is 0.260 e. The van der Waals surface area contributed by atoms with Crippen LogP contribution in [0.2, 0.25) is 0 Å². The summed E-state index contributed by atoms with van der Waals surface area (Å²) in [6, 6.07) is 14.4. The van der Waals surface area contributed by atoms with E-state index in [4.69, 9.17) is 14.5 Å². The first-order valence-electron chi connectivity index (χ1n) is 11.5. The number of rotatable bonds is 6. The Morgan fingerprint density at radius 1 is 1.12 bits per heavy atom. The summed E-state index contributed by atoms with van der Waals surface area (Å²) in [6.45, 7) is 5.64. The fourth-order valence-electron chi connectivity index (χ4n) is 4.97. The predicted molar refractivity (Wildman–Crippen MR) is 137 cm³/mol. The maximum absolute atomic E-state index is 13.2. The van der Waals surface area contributed by atoms with Crippen LogP contribution in [0.15, 0.2) is 47.3 Å². The molecule has 0 saturated carbocycles. The normalized spacial score (nSPS) is 16.3. The molecule has 3 heterocycles. The summed E-state index contributed by atoms with van der Waals surface area (Å²) in [6.07, 6.45) is 2.10. The van der Waals surface area contributed by atoms with E-state index in [0.29, 0.717) is 17.8 Å². The van der Waals surface area contributed by atoms with E-state index in [1.54, 1.807) is 25.6 Å². The molecular weight excluding hydrogens is 446 g/mol. The molecule has 2 aromatic carbocycles. The van der Waals surface area contributed by atoms with E-state index in [0.717, 1.165) is 57.3 Å². The lowest BCUT2D eigenvalue weighted by molar-refractivity contribution is 0.236. The fraction of sp³-hybridized carbons (Fsp3) is 0.333. The molecular formula is C27H29N3O3S. The molecule has 2 aromatic heterocycles. The average Bonchev–Trinajstić information content (AvgIpc) is 3.43. The van der Waals surface area contributed by atoms with Crippen molar-refractivity contribution in [1.29, 1.82) is 0 Å². The predicted octanol–water partition coefficient (Wildman–Crippen LogP) is 5.62. The number of aromatic amines is 1. The highest BCUT2D eigenvalue weighted by atomic mass is 32.1. The molecule has 1 atom stereocenters. The zero-order valence-electron chi connectivity index (χ0n) is 20.0. The lowest BCUT2D eigenvalue weighted by Gasteiger charge is -2.26. The van der Waals surface area contributed by atoms with Gasteiger partial charge in [-0.15, -0.1) is 11.3 Å². The first-order chi connectivity index (χ1) is 16.5. The zero-order chi connectivity index (χ0) is 23.8. The molecule has 0 aliphatic carbocycles. The van der Waals surface area contributed by atoms with Crippen molar-refractivity contribution in [2.24, 2.45) is 0 Å². The molecule has 1 saturated heterocycles. The number of aryl methyl sites for hydroxylation is 2. The van der Waals surface area contributed by atoms with E-state index in [9.17, 15) is 4.79 Å². The minimum absolute atomic E-state index is 0.0744. The molecule has 1 fully saturated rings. The summed E-state index contributed by atoms with van der Waals surface area (Å²) in [7, 11) is 3.37. The van der Waals surface area contributed by atoms with Crippen molar-refractivity contribution in [1.82, 2.24) is 14.9 Å². The van der Waals surface area contributed by atoms with Crippen molar-refractivity contribution in [3.63, 3.8) is 0 Å². The number of hydrogen-bond donors (Lipinski definition) is 1. The van der Waals surface area contributed by atoms with Gasteiger partial charge >= 0.3 is 0 Å². The number of hydrogen-bond acceptors (Lipinski definition) is 6. The van der Waals surface area contributed by atoms with Crippen molar-refractivity contribution in [2.75, 3.05) is 20.8 Å². The van der Waals surface area contributed by atoms with Gasteiger partial charge in [-0.2, -0.15) is 0 Å². The highest BCUT2D eigenvalue weighted by molar-refractivity contribution is 7.19. The lowest BCUT2D eigenvalue weighted by Crippen LogP contribution is -2.26. The summed E-state index contributed by atoms with van der Waals surface area (Å²) in [4.78, 5) is 25.5. The monoisotopic (exact) mass is 475 g/mol. The van der Waals surface area contributed by atoms with Gasteiger partial charge in [0.25, 0.3) is 5.56 Å². The Hall–Kier alpha value is -3.16. The SMILES string of the molecule is COc1ccc(OC)c(C2CCCN2Cc2nc3sc(C)c(-c4ccc(C)cc4)c3c(=O)[nH]2)c1. The molecule has 0 amide bonds. The van der Waals surface area contributed by atoms with Gasteiger partial charge < -0.3 is 14.5 Å². The van der Waals surface area contributed by atoms with Crippen LogP contribution in [0.3, 0.4) is 0 Å². The maximum atomic E-state index is 13.2. The van der Waals surface area contributed by atoms with Gasteiger partial charge in [0.1, 0.15) is 22.2 Å². The fourth-order valence-corrected chi connectivity index (χ4v) is 6.03. The Balaban J connectivity index is 1.49. The largest absolute Gasteiger partial charge is 0.497 e. The Kier molecular flexibility index (Phi) is 6.15. The van der Waals surface area contributed by atoms with Crippen molar-refractivity contribution >= 4 is 21.6 Å². The second-order valence-electron chi connectivity index (χ2n) is 8.83. The van der Waals surface area contributed by atoms with Crippen LogP contribution in [-0.2, 0) is 6.54 Å². The molecule has 4 aromatic rings. The van der Waals surface area contributed by atoms with E-state index in [-0.39, 0.29) is 11.6 Å². The summed E-state index contributed by atoms with van der Waals surface area (Å²) < 4.78 is 11.1. The van der Waals surface area contributed by atoms with Crippen molar-refractivity contribution < 1.29 is 9.47 Å². The van der Waals surface area contributed by atoms with Crippen molar-refractivity contribution in [2.45, 2.75) is 39.3 Å². The summed E-state index contributed by atoms with van der Waals surface area (Å²) >= 11 is 1.59.